The lowest BCUT2D eigenvalue weighted by molar-refractivity contribution is -0.437. The molecule has 0 bridgehead atoms. The van der Waals surface area contributed by atoms with Crippen LogP contribution in [0.4, 0.5) is 0 Å². The second kappa shape index (κ2) is 9.11. The quantitative estimate of drug-likeness (QED) is 0.413. The largest absolute Gasteiger partial charge is 0.330 e. The second-order valence-corrected chi connectivity index (χ2v) is 8.53. The predicted molar refractivity (Wildman–Crippen MR) is 115 cm³/mol. The van der Waals surface area contributed by atoms with Crippen LogP contribution in [-0.2, 0) is 6.54 Å². The molecule has 2 aliphatic rings. The van der Waals surface area contributed by atoms with E-state index in [0.29, 0.717) is 42.3 Å². The van der Waals surface area contributed by atoms with Crippen LogP contribution in [0.2, 0.25) is 5.02 Å². The molecule has 0 aromatic heterocycles. The molecule has 1 unspecified atom stereocenters. The summed E-state index contributed by atoms with van der Waals surface area (Å²) in [5, 5.41) is 18.2. The number of guanidine groups is 1. The molecule has 1 atom stereocenters. The van der Waals surface area contributed by atoms with Gasteiger partial charge in [0.05, 0.1) is 17.7 Å². The van der Waals surface area contributed by atoms with Crippen LogP contribution in [0.3, 0.4) is 0 Å². The highest BCUT2D eigenvalue weighted by Crippen LogP contribution is 2.34. The smallest absolute Gasteiger partial charge is 0.301 e. The number of hydrogen-bond acceptors (Lipinski definition) is 5. The number of nitrogens with two attached hydrogens (primary N) is 2. The summed E-state index contributed by atoms with van der Waals surface area (Å²) >= 11 is 6.07. The van der Waals surface area contributed by atoms with Crippen LogP contribution in [0.1, 0.15) is 43.2 Å². The average molecular weight is 421 g/mol. The Labute approximate surface area is 175 Å². The number of nitrogens with zero attached hydrogens (tertiary/aromatic N) is 2. The molecular weight excluding hydrogens is 392 g/mol. The molecule has 1 heterocycles. The zero-order valence-corrected chi connectivity index (χ0v) is 17.4. The lowest BCUT2D eigenvalue weighted by atomic mass is 9.77. The fourth-order valence-electron chi connectivity index (χ4n) is 4.13. The summed E-state index contributed by atoms with van der Waals surface area (Å²) in [6, 6.07) is 5.64. The van der Waals surface area contributed by atoms with Crippen molar-refractivity contribution in [3.05, 3.63) is 56.4 Å². The standard InChI is InChI=1S/C20H29ClN6O2/c1-13-2-7-17(21)8-16(13)11-24-19-25-12-18(27(28)29)20(23,26-19)9-14-3-5-15(10-22)6-4-14/h2,7-8,12,14-15H,3-6,9-11,22-23H2,1H3,(H2,24,25,26). The first-order valence-corrected chi connectivity index (χ1v) is 10.4. The van der Waals surface area contributed by atoms with E-state index in [4.69, 9.17) is 23.1 Å². The molecule has 1 fully saturated rings. The molecule has 1 aliphatic heterocycles. The highest BCUT2D eigenvalue weighted by atomic mass is 35.5. The molecule has 1 aromatic carbocycles. The van der Waals surface area contributed by atoms with E-state index in [1.165, 1.54) is 6.20 Å². The Hall–Kier alpha value is -2.16. The molecule has 9 heteroatoms. The highest BCUT2D eigenvalue weighted by molar-refractivity contribution is 6.30. The summed E-state index contributed by atoms with van der Waals surface area (Å²) in [4.78, 5) is 15.7. The maximum atomic E-state index is 11.6. The molecule has 1 aromatic rings. The minimum absolute atomic E-state index is 0.0728. The zero-order valence-electron chi connectivity index (χ0n) is 16.7. The average Bonchev–Trinajstić information content (AvgIpc) is 2.68. The number of nitro groups is 1. The fraction of sp³-hybridized carbons (Fsp3) is 0.550. The summed E-state index contributed by atoms with van der Waals surface area (Å²) in [6.07, 6.45) is 5.88. The monoisotopic (exact) mass is 420 g/mol. The summed E-state index contributed by atoms with van der Waals surface area (Å²) in [5.41, 5.74) is 13.0. The Morgan fingerprint density at radius 3 is 2.66 bits per heavy atom. The lowest BCUT2D eigenvalue weighted by Crippen LogP contribution is -2.64. The van der Waals surface area contributed by atoms with Crippen molar-refractivity contribution in [1.82, 2.24) is 10.6 Å². The van der Waals surface area contributed by atoms with Crippen molar-refractivity contribution in [1.29, 1.82) is 0 Å². The Morgan fingerprint density at radius 1 is 1.31 bits per heavy atom. The van der Waals surface area contributed by atoms with Crippen LogP contribution in [0.15, 0.2) is 35.1 Å². The predicted octanol–water partition coefficient (Wildman–Crippen LogP) is 2.63. The van der Waals surface area contributed by atoms with Crippen LogP contribution in [-0.4, -0.2) is 23.1 Å². The van der Waals surface area contributed by atoms with Crippen molar-refractivity contribution in [2.24, 2.45) is 28.3 Å². The Kier molecular flexibility index (Phi) is 6.77. The molecule has 1 aliphatic carbocycles. The van der Waals surface area contributed by atoms with Crippen molar-refractivity contribution < 1.29 is 4.92 Å². The Balaban J connectivity index is 1.74. The van der Waals surface area contributed by atoms with Gasteiger partial charge in [-0.2, -0.15) is 0 Å². The van der Waals surface area contributed by atoms with E-state index in [2.05, 4.69) is 15.6 Å². The highest BCUT2D eigenvalue weighted by Gasteiger charge is 2.44. The van der Waals surface area contributed by atoms with Gasteiger partial charge in [-0.1, -0.05) is 17.7 Å². The minimum atomic E-state index is -1.27. The van der Waals surface area contributed by atoms with Gasteiger partial charge in [0, 0.05) is 5.02 Å². The van der Waals surface area contributed by atoms with Gasteiger partial charge >= 0.3 is 5.70 Å². The number of hydrogen-bond donors (Lipinski definition) is 4. The molecule has 29 heavy (non-hydrogen) atoms. The summed E-state index contributed by atoms with van der Waals surface area (Å²) < 4.78 is 0. The number of aryl methyl sites for hydroxylation is 1. The van der Waals surface area contributed by atoms with Gasteiger partial charge in [0.15, 0.2) is 11.6 Å². The molecule has 0 saturated heterocycles. The minimum Gasteiger partial charge on any atom is -0.330 e. The van der Waals surface area contributed by atoms with E-state index in [0.717, 1.165) is 36.8 Å². The van der Waals surface area contributed by atoms with E-state index in [1.807, 2.05) is 25.1 Å². The van der Waals surface area contributed by atoms with Gasteiger partial charge in [-0.15, -0.1) is 0 Å². The molecule has 1 saturated carbocycles. The molecule has 8 nitrogen and oxygen atoms in total. The molecule has 3 rings (SSSR count). The number of rotatable bonds is 6. The molecule has 158 valence electrons. The van der Waals surface area contributed by atoms with Crippen LogP contribution in [0, 0.1) is 28.9 Å². The number of benzene rings is 1. The van der Waals surface area contributed by atoms with Gasteiger partial charge in [0.25, 0.3) is 0 Å². The third-order valence-corrected chi connectivity index (χ3v) is 6.20. The van der Waals surface area contributed by atoms with Crippen molar-refractivity contribution in [3.8, 4) is 0 Å². The summed E-state index contributed by atoms with van der Waals surface area (Å²) in [6.45, 7) is 3.08. The molecule has 0 amide bonds. The number of halogens is 1. The van der Waals surface area contributed by atoms with Crippen molar-refractivity contribution in [2.45, 2.75) is 51.2 Å². The van der Waals surface area contributed by atoms with Gasteiger partial charge in [0.2, 0.25) is 0 Å². The first-order valence-electron chi connectivity index (χ1n) is 9.99. The van der Waals surface area contributed by atoms with Gasteiger partial charge < -0.3 is 16.4 Å². The maximum Gasteiger partial charge on any atom is 0.301 e. The van der Waals surface area contributed by atoms with E-state index in [-0.39, 0.29) is 5.70 Å². The normalized spacial score (nSPS) is 28.4. The van der Waals surface area contributed by atoms with Gasteiger partial charge in [0.1, 0.15) is 0 Å². The SMILES string of the molecule is Cc1ccc(Cl)cc1CN=C1NC=C([N+](=O)[O-])C(N)(CC2CCC(CN)CC2)N1. The van der Waals surface area contributed by atoms with Crippen molar-refractivity contribution in [2.75, 3.05) is 6.54 Å². The third kappa shape index (κ3) is 5.26. The van der Waals surface area contributed by atoms with E-state index < -0.39 is 10.6 Å². The van der Waals surface area contributed by atoms with Gasteiger partial charge in [-0.05, 0) is 80.7 Å². The number of aliphatic imine (C=N–C) groups is 1. The summed E-state index contributed by atoms with van der Waals surface area (Å²) in [5.74, 6) is 1.28. The molecule has 0 radical (unpaired) electrons. The third-order valence-electron chi connectivity index (χ3n) is 5.97. The first kappa shape index (κ1) is 21.5. The molecule has 6 N–H and O–H groups in total. The van der Waals surface area contributed by atoms with Crippen LogP contribution in [0.25, 0.3) is 0 Å². The lowest BCUT2D eigenvalue weighted by Gasteiger charge is -2.37. The second-order valence-electron chi connectivity index (χ2n) is 8.09. The van der Waals surface area contributed by atoms with E-state index >= 15 is 0 Å². The zero-order chi connectivity index (χ0) is 21.0. The molecule has 0 spiro atoms. The van der Waals surface area contributed by atoms with Crippen LogP contribution in [0.5, 0.6) is 0 Å². The van der Waals surface area contributed by atoms with Crippen LogP contribution < -0.4 is 22.1 Å². The number of nitrogens with one attached hydrogen (secondary N) is 2. The van der Waals surface area contributed by atoms with Gasteiger partial charge in [-0.25, -0.2) is 4.99 Å². The van der Waals surface area contributed by atoms with Crippen molar-refractivity contribution in [3.63, 3.8) is 0 Å². The van der Waals surface area contributed by atoms with Crippen LogP contribution >= 0.6 is 11.6 Å². The first-order chi connectivity index (χ1) is 13.8. The Morgan fingerprint density at radius 2 is 2.00 bits per heavy atom. The van der Waals surface area contributed by atoms with Gasteiger partial charge in [-0.3, -0.25) is 15.8 Å². The molecular formula is C20H29ClN6O2. The van der Waals surface area contributed by atoms with Crippen molar-refractivity contribution >= 4 is 17.6 Å². The topological polar surface area (TPSA) is 132 Å². The van der Waals surface area contributed by atoms with E-state index in [9.17, 15) is 10.1 Å². The fourth-order valence-corrected chi connectivity index (χ4v) is 4.33. The summed E-state index contributed by atoms with van der Waals surface area (Å²) in [7, 11) is 0. The maximum absolute atomic E-state index is 11.6. The Bertz CT molecular complexity index is 819. The van der Waals surface area contributed by atoms with E-state index in [1.54, 1.807) is 0 Å².